The Balaban J connectivity index is 1.92. The average Bonchev–Trinajstić information content (AvgIpc) is 2.47. The van der Waals surface area contributed by atoms with Gasteiger partial charge in [0.2, 0.25) is 10.0 Å². The predicted molar refractivity (Wildman–Crippen MR) is 81.1 cm³/mol. The van der Waals surface area contributed by atoms with Crippen LogP contribution in [0.1, 0.15) is 18.4 Å². The van der Waals surface area contributed by atoms with Gasteiger partial charge in [0.15, 0.2) is 0 Å². The summed E-state index contributed by atoms with van der Waals surface area (Å²) in [5, 5.41) is 8.73. The van der Waals surface area contributed by atoms with Crippen molar-refractivity contribution in [3.63, 3.8) is 0 Å². The van der Waals surface area contributed by atoms with Crippen LogP contribution >= 0.6 is 0 Å². The molecule has 6 heteroatoms. The van der Waals surface area contributed by atoms with Crippen molar-refractivity contribution in [2.75, 3.05) is 26.2 Å². The minimum absolute atomic E-state index is 0.271. The number of hydrogen-bond acceptors (Lipinski definition) is 4. The topological polar surface area (TPSA) is 73.2 Å². The maximum atomic E-state index is 12.2. The van der Waals surface area contributed by atoms with Gasteiger partial charge in [0.1, 0.15) is 0 Å². The molecule has 0 bridgehead atoms. The number of nitriles is 1. The largest absolute Gasteiger partial charge is 0.290 e. The van der Waals surface area contributed by atoms with E-state index < -0.39 is 10.0 Å². The maximum Gasteiger partial charge on any atom is 0.240 e. The van der Waals surface area contributed by atoms with Crippen molar-refractivity contribution in [3.05, 3.63) is 29.8 Å². The fourth-order valence-corrected chi connectivity index (χ4v) is 3.71. The molecular formula is C15H21N3O2S. The smallest absolute Gasteiger partial charge is 0.240 e. The first-order valence-electron chi connectivity index (χ1n) is 7.17. The highest BCUT2D eigenvalue weighted by atomic mass is 32.2. The van der Waals surface area contributed by atoms with Crippen LogP contribution in [0.4, 0.5) is 0 Å². The van der Waals surface area contributed by atoms with Gasteiger partial charge >= 0.3 is 0 Å². The molecule has 0 spiro atoms. The van der Waals surface area contributed by atoms with Gasteiger partial charge in [-0.15, -0.1) is 0 Å². The van der Waals surface area contributed by atoms with Gasteiger partial charge < -0.3 is 0 Å². The van der Waals surface area contributed by atoms with Gasteiger partial charge in [0.25, 0.3) is 0 Å². The quantitative estimate of drug-likeness (QED) is 0.837. The molecule has 0 aliphatic carbocycles. The van der Waals surface area contributed by atoms with Gasteiger partial charge in [-0.05, 0) is 44.4 Å². The summed E-state index contributed by atoms with van der Waals surface area (Å²) in [5.41, 5.74) is 1.04. The van der Waals surface area contributed by atoms with E-state index in [9.17, 15) is 8.42 Å². The molecule has 0 radical (unpaired) electrons. The number of hydrogen-bond donors (Lipinski definition) is 1. The summed E-state index contributed by atoms with van der Waals surface area (Å²) in [7, 11) is -3.44. The molecule has 1 N–H and O–H groups in total. The molecule has 114 valence electrons. The number of piperidine rings is 1. The second-order valence-electron chi connectivity index (χ2n) is 5.57. The molecule has 1 heterocycles. The summed E-state index contributed by atoms with van der Waals surface area (Å²) in [4.78, 5) is 2.38. The van der Waals surface area contributed by atoms with E-state index in [-0.39, 0.29) is 5.92 Å². The highest BCUT2D eigenvalue weighted by Crippen LogP contribution is 2.16. The monoisotopic (exact) mass is 307 g/mol. The van der Waals surface area contributed by atoms with Crippen LogP contribution in [0.15, 0.2) is 29.2 Å². The molecule has 0 saturated carbocycles. The lowest BCUT2D eigenvalue weighted by atomic mass is 9.98. The summed E-state index contributed by atoms with van der Waals surface area (Å²) >= 11 is 0. The second-order valence-corrected chi connectivity index (χ2v) is 7.33. The Bertz CT molecular complexity index is 605. The molecule has 1 saturated heterocycles. The van der Waals surface area contributed by atoms with Gasteiger partial charge in [0.05, 0.1) is 17.5 Å². The molecule has 2 rings (SSSR count). The van der Waals surface area contributed by atoms with E-state index in [1.807, 2.05) is 6.92 Å². The molecular weight excluding hydrogens is 286 g/mol. The van der Waals surface area contributed by atoms with Crippen LogP contribution in [-0.2, 0) is 10.0 Å². The van der Waals surface area contributed by atoms with Gasteiger partial charge in [0, 0.05) is 13.1 Å². The molecule has 21 heavy (non-hydrogen) atoms. The number of rotatable bonds is 5. The predicted octanol–water partition coefficient (Wildman–Crippen LogP) is 1.51. The zero-order chi connectivity index (χ0) is 15.3. The summed E-state index contributed by atoms with van der Waals surface area (Å²) in [6.45, 7) is 4.48. The Labute approximate surface area is 126 Å². The Hall–Kier alpha value is -1.42. The lowest BCUT2D eigenvalue weighted by molar-refractivity contribution is 0.194. The Morgan fingerprint density at radius 3 is 2.76 bits per heavy atom. The standard InChI is InChI=1S/C15H21N3O2S/c1-13-4-6-15(7-5-13)21(19,20)17-11-14-3-2-9-18(12-14)10-8-16/h4-7,14,17H,2-3,9-12H2,1H3. The molecule has 1 unspecified atom stereocenters. The van der Waals surface area contributed by atoms with Crippen molar-refractivity contribution < 1.29 is 8.42 Å². The number of benzene rings is 1. The number of nitrogens with zero attached hydrogens (tertiary/aromatic N) is 2. The number of likely N-dealkylation sites (tertiary alicyclic amines) is 1. The maximum absolute atomic E-state index is 12.2. The Morgan fingerprint density at radius 2 is 2.10 bits per heavy atom. The van der Waals surface area contributed by atoms with Gasteiger partial charge in [-0.3, -0.25) is 4.90 Å². The Kier molecular flexibility index (Phi) is 5.34. The van der Waals surface area contributed by atoms with E-state index in [0.717, 1.165) is 31.5 Å². The fourth-order valence-electron chi connectivity index (χ4n) is 2.59. The normalized spacial score (nSPS) is 20.1. The minimum Gasteiger partial charge on any atom is -0.290 e. The van der Waals surface area contributed by atoms with Crippen molar-refractivity contribution in [3.8, 4) is 6.07 Å². The summed E-state index contributed by atoms with van der Waals surface area (Å²) in [6, 6.07) is 8.99. The van der Waals surface area contributed by atoms with Crippen molar-refractivity contribution >= 4 is 10.0 Å². The van der Waals surface area contributed by atoms with Crippen LogP contribution in [0.3, 0.4) is 0 Å². The van der Waals surface area contributed by atoms with Crippen molar-refractivity contribution in [1.29, 1.82) is 5.26 Å². The lowest BCUT2D eigenvalue weighted by Crippen LogP contribution is -2.41. The van der Waals surface area contributed by atoms with Crippen molar-refractivity contribution in [2.24, 2.45) is 5.92 Å². The van der Waals surface area contributed by atoms with E-state index >= 15 is 0 Å². The van der Waals surface area contributed by atoms with Crippen LogP contribution in [-0.4, -0.2) is 39.5 Å². The Morgan fingerprint density at radius 1 is 1.38 bits per heavy atom. The summed E-state index contributed by atoms with van der Waals surface area (Å²) in [6.07, 6.45) is 2.01. The average molecular weight is 307 g/mol. The fraction of sp³-hybridized carbons (Fsp3) is 0.533. The molecule has 1 aromatic rings. The van der Waals surface area contributed by atoms with E-state index in [1.54, 1.807) is 24.3 Å². The third-order valence-corrected chi connectivity index (χ3v) is 5.23. The summed E-state index contributed by atoms with van der Waals surface area (Å²) < 4.78 is 27.1. The minimum atomic E-state index is -3.44. The first-order valence-corrected chi connectivity index (χ1v) is 8.65. The lowest BCUT2D eigenvalue weighted by Gasteiger charge is -2.30. The molecule has 5 nitrogen and oxygen atoms in total. The van der Waals surface area contributed by atoms with Crippen LogP contribution in [0.25, 0.3) is 0 Å². The first kappa shape index (κ1) is 16.0. The third kappa shape index (κ3) is 4.53. The molecule has 0 aromatic heterocycles. The molecule has 0 amide bonds. The van der Waals surface area contributed by atoms with Crippen LogP contribution in [0.5, 0.6) is 0 Å². The SMILES string of the molecule is Cc1ccc(S(=O)(=O)NCC2CCCN(CC#N)C2)cc1. The van der Waals surface area contributed by atoms with E-state index in [1.165, 1.54) is 0 Å². The highest BCUT2D eigenvalue weighted by Gasteiger charge is 2.22. The second kappa shape index (κ2) is 7.03. The molecule has 1 aliphatic rings. The molecule has 1 fully saturated rings. The van der Waals surface area contributed by atoms with E-state index in [0.29, 0.717) is 18.0 Å². The third-order valence-electron chi connectivity index (χ3n) is 3.79. The van der Waals surface area contributed by atoms with Crippen LogP contribution in [0, 0.1) is 24.2 Å². The molecule has 1 atom stereocenters. The van der Waals surface area contributed by atoms with Gasteiger partial charge in [-0.25, -0.2) is 13.1 Å². The van der Waals surface area contributed by atoms with E-state index in [2.05, 4.69) is 15.7 Å². The first-order chi connectivity index (χ1) is 10.0. The van der Waals surface area contributed by atoms with Gasteiger partial charge in [-0.1, -0.05) is 17.7 Å². The van der Waals surface area contributed by atoms with Gasteiger partial charge in [-0.2, -0.15) is 5.26 Å². The molecule has 1 aliphatic heterocycles. The summed E-state index contributed by atoms with van der Waals surface area (Å²) in [5.74, 6) is 0.271. The van der Waals surface area contributed by atoms with Crippen LogP contribution < -0.4 is 4.72 Å². The zero-order valence-electron chi connectivity index (χ0n) is 12.2. The van der Waals surface area contributed by atoms with Crippen molar-refractivity contribution in [1.82, 2.24) is 9.62 Å². The number of sulfonamides is 1. The van der Waals surface area contributed by atoms with Crippen molar-refractivity contribution in [2.45, 2.75) is 24.7 Å². The number of nitrogens with one attached hydrogen (secondary N) is 1. The molecule has 1 aromatic carbocycles. The number of aryl methyl sites for hydroxylation is 1. The zero-order valence-corrected chi connectivity index (χ0v) is 13.1. The van der Waals surface area contributed by atoms with Crippen LogP contribution in [0.2, 0.25) is 0 Å². The highest BCUT2D eigenvalue weighted by molar-refractivity contribution is 7.89. The van der Waals surface area contributed by atoms with E-state index in [4.69, 9.17) is 5.26 Å².